The van der Waals surface area contributed by atoms with E-state index in [1.54, 1.807) is 14.0 Å². The SMILES string of the molecule is CCCNCc1nnc(NC(C)C(=O)NC)o1. The van der Waals surface area contributed by atoms with Gasteiger partial charge in [-0.05, 0) is 19.9 Å². The second-order valence-corrected chi connectivity index (χ2v) is 3.66. The number of hydrogen-bond acceptors (Lipinski definition) is 6. The van der Waals surface area contributed by atoms with Crippen molar-refractivity contribution < 1.29 is 9.21 Å². The Labute approximate surface area is 100 Å². The first-order valence-corrected chi connectivity index (χ1v) is 5.68. The molecular weight excluding hydrogens is 222 g/mol. The highest BCUT2D eigenvalue weighted by Crippen LogP contribution is 2.06. The van der Waals surface area contributed by atoms with Crippen LogP contribution < -0.4 is 16.0 Å². The maximum absolute atomic E-state index is 11.3. The topological polar surface area (TPSA) is 92.1 Å². The maximum atomic E-state index is 11.3. The van der Waals surface area contributed by atoms with Gasteiger partial charge in [0.25, 0.3) is 0 Å². The van der Waals surface area contributed by atoms with E-state index in [0.717, 1.165) is 13.0 Å². The van der Waals surface area contributed by atoms with Gasteiger partial charge in [-0.1, -0.05) is 12.0 Å². The highest BCUT2D eigenvalue weighted by Gasteiger charge is 2.14. The first-order chi connectivity index (χ1) is 8.17. The Morgan fingerprint density at radius 1 is 1.47 bits per heavy atom. The van der Waals surface area contributed by atoms with E-state index in [1.807, 2.05) is 0 Å². The molecular formula is C10H19N5O2. The van der Waals surface area contributed by atoms with Crippen LogP contribution >= 0.6 is 0 Å². The summed E-state index contributed by atoms with van der Waals surface area (Å²) in [4.78, 5) is 11.3. The maximum Gasteiger partial charge on any atom is 0.316 e. The first kappa shape index (κ1) is 13.4. The molecule has 0 bridgehead atoms. The van der Waals surface area contributed by atoms with Gasteiger partial charge in [0.2, 0.25) is 11.8 Å². The lowest BCUT2D eigenvalue weighted by Crippen LogP contribution is -2.35. The number of hydrogen-bond donors (Lipinski definition) is 3. The Morgan fingerprint density at radius 3 is 2.88 bits per heavy atom. The molecule has 0 saturated carbocycles. The Bertz CT molecular complexity index is 352. The van der Waals surface area contributed by atoms with Gasteiger partial charge in [-0.2, -0.15) is 0 Å². The fraction of sp³-hybridized carbons (Fsp3) is 0.700. The van der Waals surface area contributed by atoms with Crippen LogP contribution in [-0.4, -0.2) is 35.7 Å². The van der Waals surface area contributed by atoms with Crippen LogP contribution in [-0.2, 0) is 11.3 Å². The standard InChI is InChI=1S/C10H19N5O2/c1-4-5-12-6-8-14-15-10(17-8)13-7(2)9(16)11-3/h7,12H,4-6H2,1-3H3,(H,11,16)(H,13,15). The molecule has 0 aromatic carbocycles. The molecule has 1 amide bonds. The third-order valence-electron chi connectivity index (χ3n) is 2.15. The summed E-state index contributed by atoms with van der Waals surface area (Å²) in [6, 6.07) is -0.147. The number of amides is 1. The lowest BCUT2D eigenvalue weighted by atomic mass is 10.3. The van der Waals surface area contributed by atoms with Gasteiger partial charge in [0.05, 0.1) is 6.54 Å². The van der Waals surface area contributed by atoms with Crippen molar-refractivity contribution in [3.8, 4) is 0 Å². The quantitative estimate of drug-likeness (QED) is 0.587. The van der Waals surface area contributed by atoms with Gasteiger partial charge in [0.15, 0.2) is 0 Å². The molecule has 0 spiro atoms. The predicted molar refractivity (Wildman–Crippen MR) is 63.4 cm³/mol. The van der Waals surface area contributed by atoms with Crippen LogP contribution in [0.2, 0.25) is 0 Å². The lowest BCUT2D eigenvalue weighted by Gasteiger charge is -2.08. The Balaban J connectivity index is 2.42. The number of likely N-dealkylation sites (N-methyl/N-ethyl adjacent to an activating group) is 1. The van der Waals surface area contributed by atoms with E-state index < -0.39 is 6.04 Å². The first-order valence-electron chi connectivity index (χ1n) is 5.68. The van der Waals surface area contributed by atoms with Gasteiger partial charge in [-0.15, -0.1) is 5.10 Å². The van der Waals surface area contributed by atoms with Crippen molar-refractivity contribution in [1.29, 1.82) is 0 Å². The van der Waals surface area contributed by atoms with E-state index in [2.05, 4.69) is 33.1 Å². The average Bonchev–Trinajstić information content (AvgIpc) is 2.76. The van der Waals surface area contributed by atoms with Crippen molar-refractivity contribution >= 4 is 11.9 Å². The molecule has 3 N–H and O–H groups in total. The van der Waals surface area contributed by atoms with Crippen LogP contribution in [0.5, 0.6) is 0 Å². The third-order valence-corrected chi connectivity index (χ3v) is 2.15. The zero-order valence-corrected chi connectivity index (χ0v) is 10.4. The van der Waals surface area contributed by atoms with E-state index in [-0.39, 0.29) is 11.9 Å². The zero-order chi connectivity index (χ0) is 12.7. The van der Waals surface area contributed by atoms with Crippen molar-refractivity contribution in [3.05, 3.63) is 5.89 Å². The summed E-state index contributed by atoms with van der Waals surface area (Å²) in [5, 5.41) is 16.2. The van der Waals surface area contributed by atoms with Crippen molar-refractivity contribution in [1.82, 2.24) is 20.8 Å². The summed E-state index contributed by atoms with van der Waals surface area (Å²) < 4.78 is 5.32. The molecule has 1 rings (SSSR count). The average molecular weight is 241 g/mol. The summed E-state index contributed by atoms with van der Waals surface area (Å²) in [5.74, 6) is 0.374. The largest absolute Gasteiger partial charge is 0.407 e. The Hall–Kier alpha value is -1.63. The van der Waals surface area contributed by atoms with E-state index in [0.29, 0.717) is 12.4 Å². The van der Waals surface area contributed by atoms with Crippen molar-refractivity contribution in [3.63, 3.8) is 0 Å². The van der Waals surface area contributed by atoms with Crippen LogP contribution in [0.4, 0.5) is 6.01 Å². The monoisotopic (exact) mass is 241 g/mol. The number of nitrogens with zero attached hydrogens (tertiary/aromatic N) is 2. The summed E-state index contributed by atoms with van der Waals surface area (Å²) in [6.45, 7) is 5.24. The lowest BCUT2D eigenvalue weighted by molar-refractivity contribution is -0.121. The number of carbonyl (C=O) groups excluding carboxylic acids is 1. The second-order valence-electron chi connectivity index (χ2n) is 3.66. The van der Waals surface area contributed by atoms with Crippen molar-refractivity contribution in [2.75, 3.05) is 18.9 Å². The minimum Gasteiger partial charge on any atom is -0.407 e. The molecule has 0 aliphatic rings. The summed E-state index contributed by atoms with van der Waals surface area (Å²) in [5.41, 5.74) is 0. The van der Waals surface area contributed by atoms with Gasteiger partial charge < -0.3 is 20.4 Å². The number of anilines is 1. The highest BCUT2D eigenvalue weighted by atomic mass is 16.4. The summed E-state index contributed by atoms with van der Waals surface area (Å²) in [6.07, 6.45) is 1.05. The van der Waals surface area contributed by atoms with E-state index >= 15 is 0 Å². The number of nitrogens with one attached hydrogen (secondary N) is 3. The molecule has 0 saturated heterocycles. The molecule has 17 heavy (non-hydrogen) atoms. The van der Waals surface area contributed by atoms with Gasteiger partial charge in [-0.3, -0.25) is 4.79 Å². The van der Waals surface area contributed by atoms with Crippen molar-refractivity contribution in [2.24, 2.45) is 0 Å². The third kappa shape index (κ3) is 4.39. The van der Waals surface area contributed by atoms with Gasteiger partial charge in [-0.25, -0.2) is 0 Å². The van der Waals surface area contributed by atoms with E-state index in [4.69, 9.17) is 4.42 Å². The minimum atomic E-state index is -0.406. The molecule has 1 aromatic heterocycles. The second kappa shape index (κ2) is 6.85. The molecule has 7 heteroatoms. The Morgan fingerprint density at radius 2 is 2.24 bits per heavy atom. The zero-order valence-electron chi connectivity index (χ0n) is 10.4. The smallest absolute Gasteiger partial charge is 0.316 e. The summed E-state index contributed by atoms with van der Waals surface area (Å²) >= 11 is 0. The van der Waals surface area contributed by atoms with Gasteiger partial charge in [0.1, 0.15) is 6.04 Å². The normalized spacial score (nSPS) is 12.2. The molecule has 0 aliphatic carbocycles. The molecule has 0 fully saturated rings. The number of aromatic nitrogens is 2. The van der Waals surface area contributed by atoms with Crippen molar-refractivity contribution in [2.45, 2.75) is 32.9 Å². The summed E-state index contributed by atoms with van der Waals surface area (Å²) in [7, 11) is 1.58. The van der Waals surface area contributed by atoms with Crippen LogP contribution in [0.3, 0.4) is 0 Å². The number of rotatable bonds is 7. The Kier molecular flexibility index (Phi) is 5.41. The molecule has 7 nitrogen and oxygen atoms in total. The molecule has 1 heterocycles. The molecule has 1 unspecified atom stereocenters. The van der Waals surface area contributed by atoms with Crippen LogP contribution in [0.15, 0.2) is 4.42 Å². The van der Waals surface area contributed by atoms with Crippen LogP contribution in [0.1, 0.15) is 26.2 Å². The van der Waals surface area contributed by atoms with Gasteiger partial charge in [0, 0.05) is 7.05 Å². The molecule has 0 radical (unpaired) electrons. The molecule has 96 valence electrons. The fourth-order valence-electron chi connectivity index (χ4n) is 1.22. The molecule has 0 aliphatic heterocycles. The predicted octanol–water partition coefficient (Wildman–Crippen LogP) is 0.116. The molecule has 1 aromatic rings. The molecule has 1 atom stereocenters. The van der Waals surface area contributed by atoms with Gasteiger partial charge >= 0.3 is 6.01 Å². The van der Waals surface area contributed by atoms with E-state index in [1.165, 1.54) is 0 Å². The fourth-order valence-corrected chi connectivity index (χ4v) is 1.22. The van der Waals surface area contributed by atoms with E-state index in [9.17, 15) is 4.79 Å². The van der Waals surface area contributed by atoms with Crippen LogP contribution in [0.25, 0.3) is 0 Å². The van der Waals surface area contributed by atoms with Crippen LogP contribution in [0, 0.1) is 0 Å². The highest BCUT2D eigenvalue weighted by molar-refractivity contribution is 5.83. The minimum absolute atomic E-state index is 0.131. The number of carbonyl (C=O) groups is 1.